The minimum Gasteiger partial charge on any atom is -0.366 e. The Kier molecular flexibility index (Phi) is 3.13. The maximum absolute atomic E-state index is 3.19. The van der Waals surface area contributed by atoms with Crippen LogP contribution in [0.5, 0.6) is 0 Å². The van der Waals surface area contributed by atoms with Gasteiger partial charge in [0.1, 0.15) is 0 Å². The average Bonchev–Trinajstić information content (AvgIpc) is 2.93. The Balaban J connectivity index is 0.000001000. The molecule has 0 fully saturated rings. The summed E-state index contributed by atoms with van der Waals surface area (Å²) in [4.78, 5) is 4.60. The molecule has 0 spiro atoms. The van der Waals surface area contributed by atoms with Gasteiger partial charge >= 0.3 is 0 Å². The van der Waals surface area contributed by atoms with Crippen molar-refractivity contribution in [1.82, 2.24) is 4.98 Å². The molecule has 1 aromatic carbocycles. The van der Waals surface area contributed by atoms with Crippen molar-refractivity contribution in [3.8, 4) is 11.1 Å². The molecule has 3 heteroatoms. The summed E-state index contributed by atoms with van der Waals surface area (Å²) < 4.78 is 0. The van der Waals surface area contributed by atoms with Crippen molar-refractivity contribution >= 4 is 22.1 Å². The summed E-state index contributed by atoms with van der Waals surface area (Å²) in [5.41, 5.74) is 4.25. The number of aromatic amines is 1. The van der Waals surface area contributed by atoms with Crippen LogP contribution in [0.25, 0.3) is 21.9 Å². The first-order chi connectivity index (χ1) is 8.33. The molecule has 1 unspecified atom stereocenters. The standard InChI is InChI=1S/C15H12NS.Y/c1-9-4-15-12(2-3-17-15)14-6-11-8-16-7-10(11)5-13(9)14;/h2-9,16H,1H3;/q-1;. The second kappa shape index (κ2) is 4.52. The number of aromatic nitrogens is 1. The van der Waals surface area contributed by atoms with Crippen molar-refractivity contribution in [3.05, 3.63) is 52.8 Å². The van der Waals surface area contributed by atoms with Gasteiger partial charge in [0.25, 0.3) is 0 Å². The first-order valence-corrected chi connectivity index (χ1v) is 6.74. The van der Waals surface area contributed by atoms with E-state index in [1.54, 1.807) is 0 Å². The summed E-state index contributed by atoms with van der Waals surface area (Å²) in [6, 6.07) is 6.87. The molecule has 4 rings (SSSR count). The molecule has 18 heavy (non-hydrogen) atoms. The number of H-pyrrole nitrogens is 1. The number of benzene rings is 1. The molecule has 1 aliphatic rings. The summed E-state index contributed by atoms with van der Waals surface area (Å²) in [5.74, 6) is 0.510. The van der Waals surface area contributed by atoms with Gasteiger partial charge in [-0.3, -0.25) is 0 Å². The largest absolute Gasteiger partial charge is 0.366 e. The molecular formula is C15H12NSY-. The second-order valence-corrected chi connectivity index (χ2v) is 5.63. The minimum absolute atomic E-state index is 0. The minimum atomic E-state index is 0. The molecular weight excluding hydrogens is 315 g/mol. The summed E-state index contributed by atoms with van der Waals surface area (Å²) >= 11 is 1.84. The molecule has 2 aromatic heterocycles. The van der Waals surface area contributed by atoms with Crippen molar-refractivity contribution in [3.63, 3.8) is 0 Å². The summed E-state index contributed by atoms with van der Waals surface area (Å²) in [5, 5.41) is 4.79. The van der Waals surface area contributed by atoms with Crippen molar-refractivity contribution in [2.24, 2.45) is 0 Å². The number of thiophene rings is 1. The van der Waals surface area contributed by atoms with Crippen LogP contribution in [-0.2, 0) is 32.7 Å². The van der Waals surface area contributed by atoms with Gasteiger partial charge in [0.05, 0.1) is 0 Å². The van der Waals surface area contributed by atoms with Gasteiger partial charge in [-0.1, -0.05) is 36.1 Å². The summed E-state index contributed by atoms with van der Waals surface area (Å²) in [6.45, 7) is 2.28. The second-order valence-electron chi connectivity index (χ2n) is 4.68. The third-order valence-electron chi connectivity index (χ3n) is 3.61. The Morgan fingerprint density at radius 2 is 1.94 bits per heavy atom. The van der Waals surface area contributed by atoms with Crippen LogP contribution in [0.4, 0.5) is 0 Å². The number of rotatable bonds is 0. The monoisotopic (exact) mass is 327 g/mol. The first kappa shape index (κ1) is 12.5. The molecule has 1 N–H and O–H groups in total. The zero-order valence-electron chi connectivity index (χ0n) is 10.1. The van der Waals surface area contributed by atoms with Gasteiger partial charge in [-0.25, -0.2) is 6.42 Å². The van der Waals surface area contributed by atoms with Crippen LogP contribution in [0, 0.1) is 6.42 Å². The van der Waals surface area contributed by atoms with E-state index in [9.17, 15) is 0 Å². The fraction of sp³-hybridized carbons (Fsp3) is 0.133. The molecule has 0 aliphatic heterocycles. The topological polar surface area (TPSA) is 15.8 Å². The Morgan fingerprint density at radius 3 is 2.78 bits per heavy atom. The fourth-order valence-electron chi connectivity index (χ4n) is 2.72. The van der Waals surface area contributed by atoms with E-state index in [2.05, 4.69) is 54.3 Å². The van der Waals surface area contributed by atoms with Crippen molar-refractivity contribution in [2.45, 2.75) is 12.8 Å². The first-order valence-electron chi connectivity index (χ1n) is 5.86. The maximum Gasteiger partial charge on any atom is 0.00844 e. The molecule has 0 saturated carbocycles. The van der Waals surface area contributed by atoms with Gasteiger partial charge in [0, 0.05) is 45.1 Å². The number of hydrogen-bond acceptors (Lipinski definition) is 1. The third kappa shape index (κ3) is 1.70. The van der Waals surface area contributed by atoms with E-state index < -0.39 is 0 Å². The van der Waals surface area contributed by atoms with Gasteiger partial charge < -0.3 is 4.98 Å². The average molecular weight is 327 g/mol. The zero-order valence-corrected chi connectivity index (χ0v) is 13.8. The van der Waals surface area contributed by atoms with E-state index in [0.717, 1.165) is 0 Å². The van der Waals surface area contributed by atoms with E-state index in [4.69, 9.17) is 0 Å². The summed E-state index contributed by atoms with van der Waals surface area (Å²) in [7, 11) is 0. The Bertz CT molecular complexity index is 710. The molecule has 1 radical (unpaired) electrons. The normalized spacial score (nSPS) is 16.6. The van der Waals surface area contributed by atoms with Crippen molar-refractivity contribution in [2.75, 3.05) is 0 Å². The van der Waals surface area contributed by atoms with E-state index >= 15 is 0 Å². The fourth-order valence-corrected chi connectivity index (χ4v) is 3.66. The third-order valence-corrected chi connectivity index (χ3v) is 4.49. The molecule has 0 bridgehead atoms. The van der Waals surface area contributed by atoms with Crippen LogP contribution < -0.4 is 0 Å². The quantitative estimate of drug-likeness (QED) is 0.583. The van der Waals surface area contributed by atoms with Crippen LogP contribution in [0.2, 0.25) is 0 Å². The van der Waals surface area contributed by atoms with Crippen LogP contribution in [-0.4, -0.2) is 4.98 Å². The van der Waals surface area contributed by atoms with Gasteiger partial charge in [-0.05, 0) is 16.2 Å². The van der Waals surface area contributed by atoms with E-state index in [1.165, 1.54) is 32.3 Å². The number of hydrogen-bond donors (Lipinski definition) is 1. The molecule has 0 saturated heterocycles. The molecule has 3 aromatic rings. The van der Waals surface area contributed by atoms with Gasteiger partial charge in [-0.2, -0.15) is 11.3 Å². The SMILES string of the molecule is CC1[CH-]c2sccc2-c2cc3c[nH]cc3cc21.[Y]. The molecule has 0 amide bonds. The molecule has 1 aliphatic carbocycles. The number of fused-ring (bicyclic) bond motifs is 4. The van der Waals surface area contributed by atoms with Gasteiger partial charge in [-0.15, -0.1) is 16.5 Å². The van der Waals surface area contributed by atoms with E-state index in [-0.39, 0.29) is 32.7 Å². The molecule has 87 valence electrons. The zero-order chi connectivity index (χ0) is 11.4. The van der Waals surface area contributed by atoms with Crippen molar-refractivity contribution in [1.29, 1.82) is 0 Å². The predicted octanol–water partition coefficient (Wildman–Crippen LogP) is 4.56. The Morgan fingerprint density at radius 1 is 1.17 bits per heavy atom. The van der Waals surface area contributed by atoms with Gasteiger partial charge in [0.2, 0.25) is 0 Å². The summed E-state index contributed by atoms with van der Waals surface area (Å²) in [6.07, 6.45) is 6.52. The van der Waals surface area contributed by atoms with Gasteiger partial charge in [0.15, 0.2) is 0 Å². The molecule has 1 nitrogen and oxygen atoms in total. The Hall–Kier alpha value is -0.566. The van der Waals surface area contributed by atoms with Crippen LogP contribution >= 0.6 is 11.3 Å². The van der Waals surface area contributed by atoms with Crippen LogP contribution in [0.1, 0.15) is 23.3 Å². The smallest absolute Gasteiger partial charge is 0.00844 e. The molecule has 2 heterocycles. The Labute approximate surface area is 135 Å². The maximum atomic E-state index is 3.19. The van der Waals surface area contributed by atoms with E-state index in [0.29, 0.717) is 5.92 Å². The number of nitrogens with one attached hydrogen (secondary N) is 1. The van der Waals surface area contributed by atoms with Crippen LogP contribution in [0.15, 0.2) is 36.0 Å². The molecule has 1 atom stereocenters. The van der Waals surface area contributed by atoms with E-state index in [1.807, 2.05) is 11.3 Å². The van der Waals surface area contributed by atoms with Crippen molar-refractivity contribution < 1.29 is 32.7 Å². The predicted molar refractivity (Wildman–Crippen MR) is 73.4 cm³/mol. The van der Waals surface area contributed by atoms with Crippen LogP contribution in [0.3, 0.4) is 0 Å².